The van der Waals surface area contributed by atoms with Crippen molar-refractivity contribution in [3.63, 3.8) is 0 Å². The van der Waals surface area contributed by atoms with E-state index in [1.54, 1.807) is 0 Å². The number of H-pyrrole nitrogens is 1. The lowest BCUT2D eigenvalue weighted by Gasteiger charge is -2.11. The molecule has 0 spiro atoms. The quantitative estimate of drug-likeness (QED) is 0.705. The number of nitrogens with one attached hydrogen (secondary N) is 2. The summed E-state index contributed by atoms with van der Waals surface area (Å²) in [5.74, 6) is 0. The second kappa shape index (κ2) is 5.75. The van der Waals surface area contributed by atoms with Gasteiger partial charge in [-0.25, -0.2) is 0 Å². The van der Waals surface area contributed by atoms with Crippen LogP contribution in [0.5, 0.6) is 0 Å². The van der Waals surface area contributed by atoms with Gasteiger partial charge in [-0.15, -0.1) is 0 Å². The van der Waals surface area contributed by atoms with Crippen LogP contribution < -0.4 is 5.32 Å². The van der Waals surface area contributed by atoms with Gasteiger partial charge in [0.15, 0.2) is 0 Å². The average Bonchev–Trinajstić information content (AvgIpc) is 2.64. The van der Waals surface area contributed by atoms with Crippen LogP contribution in [0.1, 0.15) is 38.7 Å². The number of rotatable bonds is 6. The summed E-state index contributed by atoms with van der Waals surface area (Å²) in [5, 5.41) is 10.2. The largest absolute Gasteiger partial charge is 0.310 e. The first-order chi connectivity index (χ1) is 6.33. The molecule has 3 nitrogen and oxygen atoms in total. The first kappa shape index (κ1) is 10.3. The molecule has 1 aromatic heterocycles. The molecule has 1 unspecified atom stereocenters. The summed E-state index contributed by atoms with van der Waals surface area (Å²) in [6, 6.07) is 0.606. The van der Waals surface area contributed by atoms with E-state index in [1.807, 2.05) is 12.4 Å². The Kier molecular flexibility index (Phi) is 4.54. The maximum Gasteiger partial charge on any atom is 0.0532 e. The molecular formula is C10H19N3. The van der Waals surface area contributed by atoms with Crippen molar-refractivity contribution in [1.82, 2.24) is 15.5 Å². The fourth-order valence-electron chi connectivity index (χ4n) is 1.28. The highest BCUT2D eigenvalue weighted by molar-refractivity contribution is 5.01. The molecule has 0 aromatic carbocycles. The molecule has 1 atom stereocenters. The van der Waals surface area contributed by atoms with Crippen molar-refractivity contribution in [3.05, 3.63) is 18.0 Å². The van der Waals surface area contributed by atoms with E-state index >= 15 is 0 Å². The summed E-state index contributed by atoms with van der Waals surface area (Å²) < 4.78 is 0. The summed E-state index contributed by atoms with van der Waals surface area (Å²) in [6.07, 6.45) is 7.63. The Morgan fingerprint density at radius 1 is 1.62 bits per heavy atom. The number of aromatic nitrogens is 2. The van der Waals surface area contributed by atoms with Crippen molar-refractivity contribution in [2.75, 3.05) is 0 Å². The van der Waals surface area contributed by atoms with E-state index in [0.717, 1.165) is 6.54 Å². The zero-order valence-corrected chi connectivity index (χ0v) is 8.51. The fourth-order valence-corrected chi connectivity index (χ4v) is 1.28. The normalized spacial score (nSPS) is 13.1. The predicted molar refractivity (Wildman–Crippen MR) is 54.4 cm³/mol. The van der Waals surface area contributed by atoms with E-state index in [0.29, 0.717) is 6.04 Å². The van der Waals surface area contributed by atoms with Gasteiger partial charge in [0, 0.05) is 24.3 Å². The van der Waals surface area contributed by atoms with Crippen LogP contribution >= 0.6 is 0 Å². The van der Waals surface area contributed by atoms with Gasteiger partial charge in [0.1, 0.15) is 0 Å². The average molecular weight is 181 g/mol. The van der Waals surface area contributed by atoms with Crippen molar-refractivity contribution in [1.29, 1.82) is 0 Å². The van der Waals surface area contributed by atoms with Crippen LogP contribution in [-0.4, -0.2) is 16.2 Å². The van der Waals surface area contributed by atoms with Crippen molar-refractivity contribution in [3.8, 4) is 0 Å². The molecule has 0 saturated carbocycles. The number of aromatic amines is 1. The molecule has 0 radical (unpaired) electrons. The topological polar surface area (TPSA) is 40.7 Å². The zero-order valence-electron chi connectivity index (χ0n) is 8.51. The maximum absolute atomic E-state index is 3.90. The van der Waals surface area contributed by atoms with Crippen LogP contribution in [0, 0.1) is 0 Å². The Morgan fingerprint density at radius 2 is 2.46 bits per heavy atom. The number of nitrogens with zero attached hydrogens (tertiary/aromatic N) is 1. The molecule has 1 heterocycles. The molecular weight excluding hydrogens is 162 g/mol. The van der Waals surface area contributed by atoms with E-state index in [1.165, 1.54) is 24.8 Å². The van der Waals surface area contributed by atoms with Gasteiger partial charge in [0.05, 0.1) is 6.20 Å². The lowest BCUT2D eigenvalue weighted by Crippen LogP contribution is -2.24. The van der Waals surface area contributed by atoms with Crippen LogP contribution in [0.2, 0.25) is 0 Å². The number of hydrogen-bond donors (Lipinski definition) is 2. The molecule has 0 saturated heterocycles. The van der Waals surface area contributed by atoms with E-state index in [-0.39, 0.29) is 0 Å². The van der Waals surface area contributed by atoms with Gasteiger partial charge in [-0.1, -0.05) is 19.8 Å². The van der Waals surface area contributed by atoms with Crippen LogP contribution in [0.4, 0.5) is 0 Å². The summed E-state index contributed by atoms with van der Waals surface area (Å²) in [4.78, 5) is 0. The Hall–Kier alpha value is -0.830. The Labute approximate surface area is 79.9 Å². The predicted octanol–water partition coefficient (Wildman–Crippen LogP) is 2.08. The minimum Gasteiger partial charge on any atom is -0.310 e. The van der Waals surface area contributed by atoms with E-state index < -0.39 is 0 Å². The van der Waals surface area contributed by atoms with Gasteiger partial charge in [-0.2, -0.15) is 5.10 Å². The molecule has 2 N–H and O–H groups in total. The molecule has 0 aliphatic heterocycles. The molecule has 3 heteroatoms. The standard InChI is InChI=1S/C10H19N3/c1-3-4-5-9(2)11-6-10-7-12-13-8-10/h7-9,11H,3-6H2,1-2H3,(H,12,13). The molecule has 0 bridgehead atoms. The number of unbranched alkanes of at least 4 members (excludes halogenated alkanes) is 1. The third-order valence-electron chi connectivity index (χ3n) is 2.20. The van der Waals surface area contributed by atoms with Crippen molar-refractivity contribution in [2.45, 2.75) is 45.7 Å². The summed E-state index contributed by atoms with van der Waals surface area (Å²) in [5.41, 5.74) is 1.23. The molecule has 0 amide bonds. The maximum atomic E-state index is 3.90. The lowest BCUT2D eigenvalue weighted by atomic mass is 10.1. The molecule has 0 fully saturated rings. The first-order valence-electron chi connectivity index (χ1n) is 5.04. The molecule has 0 aliphatic rings. The lowest BCUT2D eigenvalue weighted by molar-refractivity contribution is 0.495. The SMILES string of the molecule is CCCCC(C)NCc1cn[nH]c1. The van der Waals surface area contributed by atoms with Crippen molar-refractivity contribution >= 4 is 0 Å². The first-order valence-corrected chi connectivity index (χ1v) is 5.04. The van der Waals surface area contributed by atoms with Crippen LogP contribution in [0.25, 0.3) is 0 Å². The molecule has 0 aliphatic carbocycles. The molecule has 74 valence electrons. The Bertz CT molecular complexity index is 206. The van der Waals surface area contributed by atoms with E-state index in [2.05, 4.69) is 29.4 Å². The summed E-state index contributed by atoms with van der Waals surface area (Å²) >= 11 is 0. The van der Waals surface area contributed by atoms with Crippen LogP contribution in [0.15, 0.2) is 12.4 Å². The molecule has 13 heavy (non-hydrogen) atoms. The summed E-state index contributed by atoms with van der Waals surface area (Å²) in [7, 11) is 0. The highest BCUT2D eigenvalue weighted by atomic mass is 15.1. The van der Waals surface area contributed by atoms with E-state index in [9.17, 15) is 0 Å². The third-order valence-corrected chi connectivity index (χ3v) is 2.20. The highest BCUT2D eigenvalue weighted by Crippen LogP contribution is 2.01. The van der Waals surface area contributed by atoms with E-state index in [4.69, 9.17) is 0 Å². The smallest absolute Gasteiger partial charge is 0.0532 e. The fraction of sp³-hybridized carbons (Fsp3) is 0.700. The van der Waals surface area contributed by atoms with Gasteiger partial charge in [0.2, 0.25) is 0 Å². The van der Waals surface area contributed by atoms with Gasteiger partial charge < -0.3 is 5.32 Å². The van der Waals surface area contributed by atoms with Crippen LogP contribution in [-0.2, 0) is 6.54 Å². The van der Waals surface area contributed by atoms with Gasteiger partial charge in [0.25, 0.3) is 0 Å². The number of hydrogen-bond acceptors (Lipinski definition) is 2. The van der Waals surface area contributed by atoms with Gasteiger partial charge in [-0.05, 0) is 13.3 Å². The Balaban J connectivity index is 2.11. The Morgan fingerprint density at radius 3 is 3.08 bits per heavy atom. The minimum absolute atomic E-state index is 0.606. The third kappa shape index (κ3) is 4.08. The van der Waals surface area contributed by atoms with Crippen molar-refractivity contribution < 1.29 is 0 Å². The van der Waals surface area contributed by atoms with Gasteiger partial charge >= 0.3 is 0 Å². The monoisotopic (exact) mass is 181 g/mol. The second-order valence-electron chi connectivity index (χ2n) is 3.53. The molecule has 1 aromatic rings. The highest BCUT2D eigenvalue weighted by Gasteiger charge is 2.00. The minimum atomic E-state index is 0.606. The zero-order chi connectivity index (χ0) is 9.52. The molecule has 1 rings (SSSR count). The van der Waals surface area contributed by atoms with Gasteiger partial charge in [-0.3, -0.25) is 5.10 Å². The second-order valence-corrected chi connectivity index (χ2v) is 3.53. The van der Waals surface area contributed by atoms with Crippen molar-refractivity contribution in [2.24, 2.45) is 0 Å². The van der Waals surface area contributed by atoms with Crippen LogP contribution in [0.3, 0.4) is 0 Å². The summed E-state index contributed by atoms with van der Waals surface area (Å²) in [6.45, 7) is 5.37.